The molecule has 3 aromatic rings. The minimum absolute atomic E-state index is 0.181. The molecule has 8 heteroatoms. The average Bonchev–Trinajstić information content (AvgIpc) is 3.29. The van der Waals surface area contributed by atoms with Crippen molar-refractivity contribution in [2.75, 3.05) is 12.0 Å². The van der Waals surface area contributed by atoms with Gasteiger partial charge in [0.1, 0.15) is 5.82 Å². The fraction of sp³-hybridized carbons (Fsp3) is 0.217. The monoisotopic (exact) mass is 438 g/mol. The highest BCUT2D eigenvalue weighted by atomic mass is 32.1. The number of halogens is 1. The Hall–Kier alpha value is -3.39. The number of thiocarbonyl (C=S) groups is 1. The molecule has 2 aromatic carbocycles. The van der Waals surface area contributed by atoms with Crippen molar-refractivity contribution in [2.24, 2.45) is 0 Å². The van der Waals surface area contributed by atoms with Crippen molar-refractivity contribution in [1.29, 1.82) is 0 Å². The molecule has 1 amide bonds. The number of furan rings is 1. The van der Waals surface area contributed by atoms with Crippen LogP contribution in [0.3, 0.4) is 0 Å². The normalized spacial score (nSPS) is 22.0. The molecule has 0 spiro atoms. The van der Waals surface area contributed by atoms with Crippen molar-refractivity contribution < 1.29 is 23.1 Å². The summed E-state index contributed by atoms with van der Waals surface area (Å²) in [5, 5.41) is 0.250. The molecule has 2 aliphatic rings. The molecule has 2 atom stereocenters. The van der Waals surface area contributed by atoms with Crippen LogP contribution in [0.2, 0.25) is 0 Å². The number of fused-ring (bicyclic) bond motifs is 4. The predicted octanol–water partition coefficient (Wildman–Crippen LogP) is 4.91. The van der Waals surface area contributed by atoms with Gasteiger partial charge < -0.3 is 13.9 Å². The molecule has 0 unspecified atom stereocenters. The third-order valence-corrected chi connectivity index (χ3v) is 6.08. The maximum Gasteiger partial charge on any atom is 0.296 e. The molecule has 158 valence electrons. The van der Waals surface area contributed by atoms with E-state index >= 15 is 0 Å². The highest BCUT2D eigenvalue weighted by Gasteiger charge is 2.54. The summed E-state index contributed by atoms with van der Waals surface area (Å²) < 4.78 is 31.0. The summed E-state index contributed by atoms with van der Waals surface area (Å²) in [6.45, 7) is 1.90. The number of carbonyl (C=O) groups excluding carboxylic acids is 1. The summed E-state index contributed by atoms with van der Waals surface area (Å²) in [6, 6.07) is 14.4. The molecule has 0 N–H and O–H groups in total. The second-order valence-corrected chi connectivity index (χ2v) is 7.99. The number of carbonyl (C=O) groups is 1. The summed E-state index contributed by atoms with van der Waals surface area (Å²) in [6.07, 6.45) is 1.89. The molecule has 2 aliphatic heterocycles. The van der Waals surface area contributed by atoms with E-state index in [1.807, 2.05) is 25.1 Å². The Balaban J connectivity index is 1.70. The summed E-state index contributed by atoms with van der Waals surface area (Å²) in [5.74, 6) is 0.571. The van der Waals surface area contributed by atoms with Crippen molar-refractivity contribution in [2.45, 2.75) is 25.1 Å². The van der Waals surface area contributed by atoms with E-state index < -0.39 is 5.72 Å². The fourth-order valence-corrected chi connectivity index (χ4v) is 4.84. The molecule has 5 rings (SSSR count). The Bertz CT molecular complexity index is 1160. The smallest absolute Gasteiger partial charge is 0.296 e. The van der Waals surface area contributed by atoms with E-state index in [-0.39, 0.29) is 28.6 Å². The van der Waals surface area contributed by atoms with Gasteiger partial charge in [0.05, 0.1) is 19.4 Å². The first kappa shape index (κ1) is 19.6. The lowest BCUT2D eigenvalue weighted by Crippen LogP contribution is -2.67. The fourth-order valence-electron chi connectivity index (χ4n) is 4.33. The van der Waals surface area contributed by atoms with Gasteiger partial charge in [-0.2, -0.15) is 0 Å². The lowest BCUT2D eigenvalue weighted by atomic mass is 9.88. The Kier molecular flexibility index (Phi) is 4.48. The minimum atomic E-state index is -0.916. The van der Waals surface area contributed by atoms with Gasteiger partial charge in [-0.1, -0.05) is 12.1 Å². The van der Waals surface area contributed by atoms with Gasteiger partial charge in [-0.25, -0.2) is 4.39 Å². The predicted molar refractivity (Wildman–Crippen MR) is 116 cm³/mol. The van der Waals surface area contributed by atoms with Crippen LogP contribution in [0.25, 0.3) is 0 Å². The number of rotatable bonds is 3. The molecule has 1 fully saturated rings. The van der Waals surface area contributed by atoms with Gasteiger partial charge in [-0.05, 0) is 61.6 Å². The van der Waals surface area contributed by atoms with Crippen LogP contribution in [0.5, 0.6) is 11.5 Å². The average molecular weight is 438 g/mol. The number of methoxy groups -OCH3 is 1. The van der Waals surface area contributed by atoms with E-state index in [2.05, 4.69) is 0 Å². The van der Waals surface area contributed by atoms with E-state index in [9.17, 15) is 9.18 Å². The summed E-state index contributed by atoms with van der Waals surface area (Å²) in [5.41, 5.74) is 0.502. The summed E-state index contributed by atoms with van der Waals surface area (Å²) >= 11 is 5.81. The number of hydrogen-bond donors (Lipinski definition) is 0. The van der Waals surface area contributed by atoms with Gasteiger partial charge in [-0.15, -0.1) is 0 Å². The lowest BCUT2D eigenvalue weighted by molar-refractivity contribution is 0.0152. The molecule has 0 aliphatic carbocycles. The number of benzene rings is 2. The number of amides is 1. The minimum Gasteiger partial charge on any atom is -0.493 e. The molecule has 0 saturated carbocycles. The van der Waals surface area contributed by atoms with Crippen molar-refractivity contribution in [3.8, 4) is 11.5 Å². The molecule has 0 radical (unpaired) electrons. The molecule has 31 heavy (non-hydrogen) atoms. The highest BCUT2D eigenvalue weighted by Crippen LogP contribution is 2.52. The van der Waals surface area contributed by atoms with Crippen LogP contribution in [0.4, 0.5) is 10.1 Å². The largest absolute Gasteiger partial charge is 0.493 e. The second-order valence-electron chi connectivity index (χ2n) is 7.62. The molecule has 3 heterocycles. The first-order valence-corrected chi connectivity index (χ1v) is 10.2. The number of hydrogen-bond acceptors (Lipinski definition) is 5. The SMILES string of the molecule is COc1cccc2c1O[C@]1(C)C[C@H]2N(C(=O)c2ccco2)C(=S)N1c1ccc(F)cc1. The zero-order valence-corrected chi connectivity index (χ0v) is 17.7. The van der Waals surface area contributed by atoms with Crippen LogP contribution in [-0.2, 0) is 0 Å². The molecule has 6 nitrogen and oxygen atoms in total. The number of para-hydroxylation sites is 1. The van der Waals surface area contributed by atoms with Crippen LogP contribution in [0.1, 0.15) is 35.5 Å². The number of anilines is 1. The van der Waals surface area contributed by atoms with Gasteiger partial charge in [0.2, 0.25) is 0 Å². The Morgan fingerprint density at radius 1 is 1.19 bits per heavy atom. The zero-order chi connectivity index (χ0) is 21.8. The molecule has 2 bridgehead atoms. The number of nitrogens with zero attached hydrogens (tertiary/aromatic N) is 2. The Morgan fingerprint density at radius 3 is 2.65 bits per heavy atom. The third-order valence-electron chi connectivity index (χ3n) is 5.70. The van der Waals surface area contributed by atoms with Crippen molar-refractivity contribution in [3.05, 3.63) is 78.0 Å². The third kappa shape index (κ3) is 2.97. The van der Waals surface area contributed by atoms with Crippen molar-refractivity contribution >= 4 is 28.9 Å². The lowest BCUT2D eigenvalue weighted by Gasteiger charge is -2.55. The standard InChI is InChI=1S/C23H19FN2O4S/c1-23-13-17(16-5-3-6-18(28-2)20(16)30-23)25(21(27)19-7-4-12-29-19)22(31)26(23)15-10-8-14(24)9-11-15/h3-12,17H,13H2,1-2H3/t17-,23-/m1/s1. The van der Waals surface area contributed by atoms with Crippen LogP contribution >= 0.6 is 12.2 Å². The van der Waals surface area contributed by atoms with Gasteiger partial charge in [-0.3, -0.25) is 14.6 Å². The first-order chi connectivity index (χ1) is 14.9. The number of ether oxygens (including phenoxy) is 2. The first-order valence-electron chi connectivity index (χ1n) is 9.76. The van der Waals surface area contributed by atoms with E-state index in [0.717, 1.165) is 5.56 Å². The van der Waals surface area contributed by atoms with E-state index in [1.165, 1.54) is 18.4 Å². The summed E-state index contributed by atoms with van der Waals surface area (Å²) in [7, 11) is 1.57. The van der Waals surface area contributed by atoms with E-state index in [0.29, 0.717) is 23.6 Å². The van der Waals surface area contributed by atoms with Crippen LogP contribution in [-0.4, -0.2) is 28.8 Å². The van der Waals surface area contributed by atoms with Gasteiger partial charge in [0, 0.05) is 17.7 Å². The van der Waals surface area contributed by atoms with Crippen molar-refractivity contribution in [1.82, 2.24) is 4.90 Å². The van der Waals surface area contributed by atoms with Gasteiger partial charge in [0.15, 0.2) is 28.1 Å². The maximum atomic E-state index is 13.6. The van der Waals surface area contributed by atoms with Crippen LogP contribution in [0, 0.1) is 5.82 Å². The molecule has 1 saturated heterocycles. The molecular weight excluding hydrogens is 419 g/mol. The quantitative estimate of drug-likeness (QED) is 0.542. The van der Waals surface area contributed by atoms with E-state index in [4.69, 9.17) is 26.1 Å². The molecular formula is C23H19FN2O4S. The maximum absolute atomic E-state index is 13.6. The second kappa shape index (κ2) is 7.09. The van der Waals surface area contributed by atoms with Gasteiger partial charge in [0.25, 0.3) is 5.91 Å². The molecule has 1 aromatic heterocycles. The summed E-state index contributed by atoms with van der Waals surface area (Å²) in [4.78, 5) is 16.7. The highest BCUT2D eigenvalue weighted by molar-refractivity contribution is 7.80. The van der Waals surface area contributed by atoms with Gasteiger partial charge >= 0.3 is 0 Å². The van der Waals surface area contributed by atoms with Crippen LogP contribution in [0.15, 0.2) is 65.3 Å². The van der Waals surface area contributed by atoms with Crippen LogP contribution < -0.4 is 14.4 Å². The topological polar surface area (TPSA) is 55.2 Å². The van der Waals surface area contributed by atoms with E-state index in [1.54, 1.807) is 41.2 Å². The Morgan fingerprint density at radius 2 is 1.97 bits per heavy atom. The van der Waals surface area contributed by atoms with Crippen molar-refractivity contribution in [3.63, 3.8) is 0 Å². The Labute approximate surface area is 183 Å². The zero-order valence-electron chi connectivity index (χ0n) is 16.9.